The molecule has 2 amide bonds. The molecule has 0 fully saturated rings. The van der Waals surface area contributed by atoms with Crippen molar-refractivity contribution in [3.8, 4) is 23.0 Å². The monoisotopic (exact) mass is 516 g/mol. The number of nitrogens with zero attached hydrogens (tertiary/aromatic N) is 4. The molecule has 1 aliphatic rings. The standard InChI is InChI=1S/C26H21BrN4O3/c1-17-22(25(32)30(12-13-34-2)26(33)23(17)15-28)14-19-16-31(21-6-4-3-5-7-21)29-24(19)18-8-10-20(27)11-9-18/h3-11,14,16H,12-13H2,1-2H3/b22-14+. The highest BCUT2D eigenvalue weighted by Crippen LogP contribution is 2.31. The van der Waals surface area contributed by atoms with Crippen molar-refractivity contribution in [1.29, 1.82) is 5.26 Å². The molecule has 2 heterocycles. The Morgan fingerprint density at radius 2 is 1.79 bits per heavy atom. The van der Waals surface area contributed by atoms with Crippen LogP contribution in [-0.2, 0) is 14.3 Å². The van der Waals surface area contributed by atoms with Crippen LogP contribution in [0.1, 0.15) is 12.5 Å². The molecule has 8 heteroatoms. The van der Waals surface area contributed by atoms with Gasteiger partial charge in [-0.1, -0.05) is 46.3 Å². The van der Waals surface area contributed by atoms with Crippen LogP contribution >= 0.6 is 15.9 Å². The van der Waals surface area contributed by atoms with Crippen LogP contribution in [0.2, 0.25) is 0 Å². The van der Waals surface area contributed by atoms with Crippen molar-refractivity contribution >= 4 is 33.8 Å². The fourth-order valence-electron chi connectivity index (χ4n) is 3.71. The van der Waals surface area contributed by atoms with Crippen LogP contribution in [0.4, 0.5) is 0 Å². The number of hydrogen-bond acceptors (Lipinski definition) is 5. The van der Waals surface area contributed by atoms with E-state index in [0.717, 1.165) is 20.6 Å². The normalized spacial score (nSPS) is 15.2. The molecule has 0 spiro atoms. The summed E-state index contributed by atoms with van der Waals surface area (Å²) in [4.78, 5) is 27.1. The number of rotatable bonds is 6. The number of halogens is 1. The van der Waals surface area contributed by atoms with Gasteiger partial charge in [-0.3, -0.25) is 14.5 Å². The van der Waals surface area contributed by atoms with E-state index in [-0.39, 0.29) is 24.3 Å². The van der Waals surface area contributed by atoms with Gasteiger partial charge < -0.3 is 4.74 Å². The quantitative estimate of drug-likeness (QED) is 0.354. The second-order valence-corrected chi connectivity index (χ2v) is 8.56. The summed E-state index contributed by atoms with van der Waals surface area (Å²) in [6, 6.07) is 19.3. The largest absolute Gasteiger partial charge is 0.383 e. The van der Waals surface area contributed by atoms with E-state index in [4.69, 9.17) is 9.84 Å². The van der Waals surface area contributed by atoms with Crippen molar-refractivity contribution in [3.63, 3.8) is 0 Å². The first kappa shape index (κ1) is 23.4. The first-order valence-electron chi connectivity index (χ1n) is 10.5. The number of ether oxygens (including phenoxy) is 1. The van der Waals surface area contributed by atoms with Gasteiger partial charge in [-0.25, -0.2) is 4.68 Å². The van der Waals surface area contributed by atoms with Crippen molar-refractivity contribution in [3.05, 3.63) is 87.5 Å². The van der Waals surface area contributed by atoms with Crippen molar-refractivity contribution in [2.75, 3.05) is 20.3 Å². The molecule has 0 saturated carbocycles. The number of aromatic nitrogens is 2. The molecule has 1 aromatic heterocycles. The zero-order valence-corrected chi connectivity index (χ0v) is 20.2. The van der Waals surface area contributed by atoms with Crippen LogP contribution in [0.15, 0.2) is 82.0 Å². The summed E-state index contributed by atoms with van der Waals surface area (Å²) in [5, 5.41) is 14.4. The molecule has 0 atom stereocenters. The minimum atomic E-state index is -0.604. The summed E-state index contributed by atoms with van der Waals surface area (Å²) in [5.74, 6) is -1.07. The summed E-state index contributed by atoms with van der Waals surface area (Å²) in [6.45, 7) is 1.86. The highest BCUT2D eigenvalue weighted by atomic mass is 79.9. The van der Waals surface area contributed by atoms with Gasteiger partial charge in [0.1, 0.15) is 11.6 Å². The minimum Gasteiger partial charge on any atom is -0.383 e. The van der Waals surface area contributed by atoms with Crippen molar-refractivity contribution < 1.29 is 14.3 Å². The Bertz CT molecular complexity index is 1350. The number of hydrogen-bond donors (Lipinski definition) is 0. The molecular weight excluding hydrogens is 496 g/mol. The molecule has 2 aromatic carbocycles. The molecule has 0 N–H and O–H groups in total. The summed E-state index contributed by atoms with van der Waals surface area (Å²) >= 11 is 3.45. The van der Waals surface area contributed by atoms with Crippen molar-refractivity contribution in [2.45, 2.75) is 6.92 Å². The minimum absolute atomic E-state index is 0.0532. The van der Waals surface area contributed by atoms with Gasteiger partial charge in [-0.2, -0.15) is 10.4 Å². The lowest BCUT2D eigenvalue weighted by Crippen LogP contribution is -2.44. The zero-order valence-electron chi connectivity index (χ0n) is 18.7. The molecule has 34 heavy (non-hydrogen) atoms. The van der Waals surface area contributed by atoms with E-state index >= 15 is 0 Å². The van der Waals surface area contributed by atoms with Crippen molar-refractivity contribution in [2.24, 2.45) is 0 Å². The number of carbonyl (C=O) groups is 2. The smallest absolute Gasteiger partial charge is 0.271 e. The lowest BCUT2D eigenvalue weighted by atomic mass is 9.93. The first-order chi connectivity index (χ1) is 16.4. The first-order valence-corrected chi connectivity index (χ1v) is 11.3. The van der Waals surface area contributed by atoms with Gasteiger partial charge in [-0.05, 0) is 42.8 Å². The highest BCUT2D eigenvalue weighted by Gasteiger charge is 2.35. The van der Waals surface area contributed by atoms with Crippen LogP contribution in [-0.4, -0.2) is 46.8 Å². The van der Waals surface area contributed by atoms with E-state index < -0.39 is 11.8 Å². The molecule has 0 bridgehead atoms. The zero-order chi connectivity index (χ0) is 24.2. The van der Waals surface area contributed by atoms with E-state index in [0.29, 0.717) is 16.8 Å². The second kappa shape index (κ2) is 10.00. The van der Waals surface area contributed by atoms with E-state index in [2.05, 4.69) is 15.9 Å². The molecule has 0 unspecified atom stereocenters. The van der Waals surface area contributed by atoms with E-state index in [1.807, 2.05) is 66.9 Å². The van der Waals surface area contributed by atoms with Crippen LogP contribution < -0.4 is 0 Å². The van der Waals surface area contributed by atoms with Gasteiger partial charge in [0.05, 0.1) is 24.5 Å². The number of imide groups is 1. The Morgan fingerprint density at radius 1 is 1.09 bits per heavy atom. The Balaban J connectivity index is 1.89. The second-order valence-electron chi connectivity index (χ2n) is 7.64. The van der Waals surface area contributed by atoms with E-state index in [1.165, 1.54) is 7.11 Å². The van der Waals surface area contributed by atoms with Gasteiger partial charge in [-0.15, -0.1) is 0 Å². The Kier molecular flexibility index (Phi) is 6.87. The van der Waals surface area contributed by atoms with Gasteiger partial charge >= 0.3 is 0 Å². The van der Waals surface area contributed by atoms with E-state index in [1.54, 1.807) is 17.7 Å². The highest BCUT2D eigenvalue weighted by molar-refractivity contribution is 9.10. The van der Waals surface area contributed by atoms with Crippen LogP contribution in [0, 0.1) is 11.3 Å². The Hall–Kier alpha value is -3.80. The molecule has 1 aliphatic heterocycles. The van der Waals surface area contributed by atoms with Gasteiger partial charge in [0.15, 0.2) is 0 Å². The number of benzene rings is 2. The lowest BCUT2D eigenvalue weighted by molar-refractivity contribution is -0.141. The number of para-hydroxylation sites is 1. The maximum atomic E-state index is 13.3. The maximum absolute atomic E-state index is 13.3. The van der Waals surface area contributed by atoms with Crippen LogP contribution in [0.5, 0.6) is 0 Å². The average molecular weight is 517 g/mol. The Labute approximate surface area is 205 Å². The van der Waals surface area contributed by atoms with Crippen LogP contribution in [0.25, 0.3) is 23.0 Å². The number of methoxy groups -OCH3 is 1. The summed E-state index contributed by atoms with van der Waals surface area (Å²) in [7, 11) is 1.49. The average Bonchev–Trinajstić information content (AvgIpc) is 3.27. The third-order valence-corrected chi connectivity index (χ3v) is 6.05. The molecule has 170 valence electrons. The third kappa shape index (κ3) is 4.49. The SMILES string of the molecule is COCCN1C(=O)C(C#N)=C(C)/C(=C\c2cn(-c3ccccc3)nc2-c2ccc(Br)cc2)C1=O. The molecule has 0 aliphatic carbocycles. The molecule has 4 rings (SSSR count). The predicted octanol–water partition coefficient (Wildman–Crippen LogP) is 4.54. The van der Waals surface area contributed by atoms with Gasteiger partial charge in [0.2, 0.25) is 0 Å². The summed E-state index contributed by atoms with van der Waals surface area (Å²) in [6.07, 6.45) is 3.54. The number of amides is 2. The third-order valence-electron chi connectivity index (χ3n) is 5.53. The number of carbonyl (C=O) groups excluding carboxylic acids is 2. The topological polar surface area (TPSA) is 88.2 Å². The van der Waals surface area contributed by atoms with Crippen molar-refractivity contribution in [1.82, 2.24) is 14.7 Å². The van der Waals surface area contributed by atoms with Crippen LogP contribution in [0.3, 0.4) is 0 Å². The maximum Gasteiger partial charge on any atom is 0.271 e. The Morgan fingerprint density at radius 3 is 2.44 bits per heavy atom. The summed E-state index contributed by atoms with van der Waals surface area (Å²) in [5.41, 5.74) is 3.65. The molecule has 7 nitrogen and oxygen atoms in total. The van der Waals surface area contributed by atoms with E-state index in [9.17, 15) is 14.9 Å². The summed E-state index contributed by atoms with van der Waals surface area (Å²) < 4.78 is 7.73. The van der Waals surface area contributed by atoms with Gasteiger partial charge in [0.25, 0.3) is 11.8 Å². The lowest BCUT2D eigenvalue weighted by Gasteiger charge is -2.27. The fraction of sp³-hybridized carbons (Fsp3) is 0.154. The molecule has 0 saturated heterocycles. The molecular formula is C26H21BrN4O3. The van der Waals surface area contributed by atoms with Gasteiger partial charge in [0, 0.05) is 34.5 Å². The molecule has 0 radical (unpaired) electrons. The predicted molar refractivity (Wildman–Crippen MR) is 132 cm³/mol. The molecule has 3 aromatic rings. The fourth-order valence-corrected chi connectivity index (χ4v) is 3.97. The number of nitriles is 1.